The van der Waals surface area contributed by atoms with Crippen molar-refractivity contribution in [2.75, 3.05) is 5.32 Å². The van der Waals surface area contributed by atoms with E-state index in [0.717, 1.165) is 11.3 Å². The number of rotatable bonds is 5. The molecule has 1 aromatic carbocycles. The Morgan fingerprint density at radius 2 is 2.00 bits per heavy atom. The molecule has 0 spiro atoms. The minimum atomic E-state index is -0.213. The van der Waals surface area contributed by atoms with E-state index in [1.165, 1.54) is 0 Å². The number of benzene rings is 1. The van der Waals surface area contributed by atoms with Crippen LogP contribution in [0.4, 0.5) is 5.82 Å². The number of aromatic nitrogens is 4. The number of carbonyl (C=O) groups excluding carboxylic acids is 1. The molecule has 6 nitrogen and oxygen atoms in total. The van der Waals surface area contributed by atoms with Gasteiger partial charge in [-0.3, -0.25) is 9.48 Å². The van der Waals surface area contributed by atoms with Crippen LogP contribution in [0.2, 0.25) is 0 Å². The Kier molecular flexibility index (Phi) is 4.80. The van der Waals surface area contributed by atoms with Gasteiger partial charge in [-0.25, -0.2) is 4.68 Å². The van der Waals surface area contributed by atoms with Crippen LogP contribution >= 0.6 is 15.9 Å². The van der Waals surface area contributed by atoms with Crippen molar-refractivity contribution in [2.24, 2.45) is 0 Å². The normalized spacial score (nSPS) is 10.8. The second-order valence-corrected chi connectivity index (χ2v) is 6.28. The zero-order valence-corrected chi connectivity index (χ0v) is 15.1. The van der Waals surface area contributed by atoms with Crippen LogP contribution in [0.5, 0.6) is 0 Å². The lowest BCUT2D eigenvalue weighted by atomic mass is 10.2. The van der Waals surface area contributed by atoms with E-state index in [4.69, 9.17) is 0 Å². The van der Waals surface area contributed by atoms with Crippen LogP contribution in [0, 0.1) is 6.92 Å². The average molecular weight is 388 g/mol. The van der Waals surface area contributed by atoms with E-state index in [2.05, 4.69) is 31.4 Å². The van der Waals surface area contributed by atoms with Crippen molar-refractivity contribution in [1.29, 1.82) is 0 Å². The molecule has 2 heterocycles. The topological polar surface area (TPSA) is 64.7 Å². The standard InChI is InChI=1S/C17H18BrN5O/c1-3-22-16(14(18)10-19-22)17(24)20-15-9-12(2)21-23(15)11-13-7-5-4-6-8-13/h4-10H,3,11H2,1-2H3,(H,20,24). The maximum Gasteiger partial charge on any atom is 0.276 e. The predicted molar refractivity (Wildman–Crippen MR) is 96.1 cm³/mol. The van der Waals surface area contributed by atoms with Crippen molar-refractivity contribution in [3.8, 4) is 0 Å². The Bertz CT molecular complexity index is 853. The van der Waals surface area contributed by atoms with Crippen LogP contribution in [0.25, 0.3) is 0 Å². The lowest BCUT2D eigenvalue weighted by molar-refractivity contribution is 0.101. The summed E-state index contributed by atoms with van der Waals surface area (Å²) < 4.78 is 4.13. The number of nitrogens with one attached hydrogen (secondary N) is 1. The molecule has 0 aliphatic rings. The summed E-state index contributed by atoms with van der Waals surface area (Å²) in [5, 5.41) is 11.6. The highest BCUT2D eigenvalue weighted by Crippen LogP contribution is 2.19. The van der Waals surface area contributed by atoms with Gasteiger partial charge in [0.25, 0.3) is 5.91 Å². The van der Waals surface area contributed by atoms with Crippen LogP contribution in [0.15, 0.2) is 47.1 Å². The largest absolute Gasteiger partial charge is 0.305 e. The molecule has 24 heavy (non-hydrogen) atoms. The molecule has 3 aromatic rings. The quantitative estimate of drug-likeness (QED) is 0.728. The summed E-state index contributed by atoms with van der Waals surface area (Å²) in [7, 11) is 0. The first-order chi connectivity index (χ1) is 11.6. The van der Waals surface area contributed by atoms with Gasteiger partial charge >= 0.3 is 0 Å². The first-order valence-corrected chi connectivity index (χ1v) is 8.48. The number of anilines is 1. The molecule has 0 saturated carbocycles. The molecule has 3 rings (SSSR count). The molecule has 0 radical (unpaired) electrons. The van der Waals surface area contributed by atoms with Gasteiger partial charge in [0.1, 0.15) is 11.5 Å². The number of halogens is 1. The number of carbonyl (C=O) groups is 1. The maximum atomic E-state index is 12.6. The van der Waals surface area contributed by atoms with Gasteiger partial charge in [-0.2, -0.15) is 10.2 Å². The SMILES string of the molecule is CCn1ncc(Br)c1C(=O)Nc1cc(C)nn1Cc1ccccc1. The van der Waals surface area contributed by atoms with Gasteiger partial charge in [0, 0.05) is 12.6 Å². The highest BCUT2D eigenvalue weighted by Gasteiger charge is 2.18. The van der Waals surface area contributed by atoms with Gasteiger partial charge in [0.15, 0.2) is 0 Å². The van der Waals surface area contributed by atoms with Crippen molar-refractivity contribution in [2.45, 2.75) is 26.9 Å². The van der Waals surface area contributed by atoms with Crippen molar-refractivity contribution >= 4 is 27.7 Å². The van der Waals surface area contributed by atoms with E-state index in [9.17, 15) is 4.79 Å². The minimum Gasteiger partial charge on any atom is -0.305 e. The zero-order valence-electron chi connectivity index (χ0n) is 13.5. The Labute approximate surface area is 148 Å². The number of hydrogen-bond acceptors (Lipinski definition) is 3. The van der Waals surface area contributed by atoms with Gasteiger partial charge in [0.05, 0.1) is 22.9 Å². The number of aryl methyl sites for hydroxylation is 2. The smallest absolute Gasteiger partial charge is 0.276 e. The summed E-state index contributed by atoms with van der Waals surface area (Å²) >= 11 is 3.38. The lowest BCUT2D eigenvalue weighted by Gasteiger charge is -2.10. The maximum absolute atomic E-state index is 12.6. The molecule has 0 atom stereocenters. The van der Waals surface area contributed by atoms with Gasteiger partial charge in [0.2, 0.25) is 0 Å². The Morgan fingerprint density at radius 1 is 1.25 bits per heavy atom. The summed E-state index contributed by atoms with van der Waals surface area (Å²) in [5.74, 6) is 0.451. The number of nitrogens with zero attached hydrogens (tertiary/aromatic N) is 4. The molecule has 0 fully saturated rings. The Balaban J connectivity index is 1.85. The van der Waals surface area contributed by atoms with Crippen LogP contribution < -0.4 is 5.32 Å². The van der Waals surface area contributed by atoms with Crippen LogP contribution in [-0.4, -0.2) is 25.5 Å². The minimum absolute atomic E-state index is 0.213. The number of amides is 1. The van der Waals surface area contributed by atoms with E-state index in [-0.39, 0.29) is 5.91 Å². The van der Waals surface area contributed by atoms with E-state index >= 15 is 0 Å². The summed E-state index contributed by atoms with van der Waals surface area (Å²) in [6.45, 7) is 5.07. The first kappa shape index (κ1) is 16.4. The molecule has 0 aliphatic heterocycles. The lowest BCUT2D eigenvalue weighted by Crippen LogP contribution is -2.20. The van der Waals surface area contributed by atoms with Crippen molar-refractivity contribution in [1.82, 2.24) is 19.6 Å². The van der Waals surface area contributed by atoms with Gasteiger partial charge < -0.3 is 5.32 Å². The molecule has 7 heteroatoms. The van der Waals surface area contributed by atoms with E-state index in [1.54, 1.807) is 15.6 Å². The zero-order chi connectivity index (χ0) is 17.1. The third-order valence-corrected chi connectivity index (χ3v) is 4.21. The average Bonchev–Trinajstić information content (AvgIpc) is 3.10. The highest BCUT2D eigenvalue weighted by atomic mass is 79.9. The number of hydrogen-bond donors (Lipinski definition) is 1. The molecule has 0 bridgehead atoms. The monoisotopic (exact) mass is 387 g/mol. The first-order valence-electron chi connectivity index (χ1n) is 7.69. The third-order valence-electron chi connectivity index (χ3n) is 3.63. The molecule has 0 unspecified atom stereocenters. The summed E-state index contributed by atoms with van der Waals surface area (Å²) in [5.41, 5.74) is 2.47. The molecular formula is C17H18BrN5O. The van der Waals surface area contributed by atoms with E-state index in [0.29, 0.717) is 29.1 Å². The second kappa shape index (κ2) is 7.00. The second-order valence-electron chi connectivity index (χ2n) is 5.43. The van der Waals surface area contributed by atoms with Crippen LogP contribution in [-0.2, 0) is 13.1 Å². The molecule has 1 amide bonds. The highest BCUT2D eigenvalue weighted by molar-refractivity contribution is 9.10. The molecule has 0 saturated heterocycles. The fourth-order valence-corrected chi connectivity index (χ4v) is 3.00. The Morgan fingerprint density at radius 3 is 2.71 bits per heavy atom. The Hall–Kier alpha value is -2.41. The molecule has 1 N–H and O–H groups in total. The van der Waals surface area contributed by atoms with Gasteiger partial charge in [-0.1, -0.05) is 30.3 Å². The summed E-state index contributed by atoms with van der Waals surface area (Å²) in [6, 6.07) is 11.9. The molecule has 0 aliphatic carbocycles. The van der Waals surface area contributed by atoms with E-state index in [1.807, 2.05) is 50.2 Å². The van der Waals surface area contributed by atoms with Gasteiger partial charge in [-0.15, -0.1) is 0 Å². The van der Waals surface area contributed by atoms with Crippen LogP contribution in [0.3, 0.4) is 0 Å². The van der Waals surface area contributed by atoms with Crippen molar-refractivity contribution in [3.63, 3.8) is 0 Å². The van der Waals surface area contributed by atoms with Crippen molar-refractivity contribution in [3.05, 3.63) is 64.0 Å². The fourth-order valence-electron chi connectivity index (χ4n) is 2.53. The molecule has 124 valence electrons. The summed E-state index contributed by atoms with van der Waals surface area (Å²) in [6.07, 6.45) is 1.63. The fraction of sp³-hybridized carbons (Fsp3) is 0.235. The third kappa shape index (κ3) is 3.41. The molecular weight excluding hydrogens is 370 g/mol. The summed E-state index contributed by atoms with van der Waals surface area (Å²) in [4.78, 5) is 12.6. The van der Waals surface area contributed by atoms with Crippen LogP contribution in [0.1, 0.15) is 28.7 Å². The predicted octanol–water partition coefficient (Wildman–Crippen LogP) is 3.47. The van der Waals surface area contributed by atoms with Gasteiger partial charge in [-0.05, 0) is 35.3 Å². The molecule has 2 aromatic heterocycles. The van der Waals surface area contributed by atoms with E-state index < -0.39 is 0 Å². The van der Waals surface area contributed by atoms with Crippen molar-refractivity contribution < 1.29 is 4.79 Å².